The number of aryl methyl sites for hydroxylation is 2. The summed E-state index contributed by atoms with van der Waals surface area (Å²) in [6, 6.07) is 23.0. The van der Waals surface area contributed by atoms with Crippen LogP contribution >= 0.6 is 0 Å². The van der Waals surface area contributed by atoms with Gasteiger partial charge in [-0.15, -0.1) is 0 Å². The molecule has 3 aromatic rings. The summed E-state index contributed by atoms with van der Waals surface area (Å²) in [5.41, 5.74) is 7.47. The summed E-state index contributed by atoms with van der Waals surface area (Å²) in [6.45, 7) is 4.56. The van der Waals surface area contributed by atoms with Gasteiger partial charge in [0.05, 0.1) is 6.21 Å². The predicted molar refractivity (Wildman–Crippen MR) is 108 cm³/mol. The van der Waals surface area contributed by atoms with Crippen LogP contribution in [0.3, 0.4) is 0 Å². The standard InChI is InChI=1S/C23H22N2O2/c1-17-8-9-21(18(2)14-17)15-24-25-23(26)20-10-12-22(13-11-20)27-16-19-6-4-3-5-7-19/h3-15H,16H2,1-2H3,(H,25,26). The van der Waals surface area contributed by atoms with Crippen molar-refractivity contribution in [2.45, 2.75) is 20.5 Å². The van der Waals surface area contributed by atoms with Crippen molar-refractivity contribution in [1.29, 1.82) is 0 Å². The molecule has 0 aliphatic rings. The molecule has 3 aromatic carbocycles. The number of nitrogens with one attached hydrogen (secondary N) is 1. The van der Waals surface area contributed by atoms with Crippen LogP contribution in [-0.2, 0) is 6.61 Å². The minimum Gasteiger partial charge on any atom is -0.489 e. The summed E-state index contributed by atoms with van der Waals surface area (Å²) < 4.78 is 5.73. The Balaban J connectivity index is 1.54. The van der Waals surface area contributed by atoms with Gasteiger partial charge in [-0.1, -0.05) is 54.1 Å². The van der Waals surface area contributed by atoms with Gasteiger partial charge in [0.25, 0.3) is 5.91 Å². The molecule has 0 aromatic heterocycles. The molecule has 0 spiro atoms. The van der Waals surface area contributed by atoms with E-state index in [1.807, 2.05) is 56.3 Å². The molecule has 0 bridgehead atoms. The summed E-state index contributed by atoms with van der Waals surface area (Å²) in [5.74, 6) is 0.458. The van der Waals surface area contributed by atoms with E-state index in [1.165, 1.54) is 5.56 Å². The van der Waals surface area contributed by atoms with Gasteiger partial charge >= 0.3 is 0 Å². The molecule has 0 unspecified atom stereocenters. The minimum atomic E-state index is -0.259. The van der Waals surface area contributed by atoms with Crippen LogP contribution in [0.1, 0.15) is 32.6 Å². The van der Waals surface area contributed by atoms with Crippen LogP contribution in [-0.4, -0.2) is 12.1 Å². The van der Waals surface area contributed by atoms with Crippen molar-refractivity contribution in [3.8, 4) is 5.75 Å². The van der Waals surface area contributed by atoms with E-state index in [1.54, 1.807) is 30.5 Å². The molecule has 0 saturated carbocycles. The van der Waals surface area contributed by atoms with Crippen molar-refractivity contribution in [1.82, 2.24) is 5.43 Å². The third kappa shape index (κ3) is 5.28. The zero-order valence-corrected chi connectivity index (χ0v) is 15.5. The maximum absolute atomic E-state index is 12.2. The molecule has 0 aliphatic heterocycles. The van der Waals surface area contributed by atoms with Crippen LogP contribution in [0, 0.1) is 13.8 Å². The fourth-order valence-corrected chi connectivity index (χ4v) is 2.64. The summed E-state index contributed by atoms with van der Waals surface area (Å²) in [5, 5.41) is 4.05. The first kappa shape index (κ1) is 18.4. The van der Waals surface area contributed by atoms with Crippen molar-refractivity contribution >= 4 is 12.1 Å². The van der Waals surface area contributed by atoms with Gasteiger partial charge in [-0.2, -0.15) is 5.10 Å². The fourth-order valence-electron chi connectivity index (χ4n) is 2.64. The SMILES string of the molecule is Cc1ccc(C=NNC(=O)c2ccc(OCc3ccccc3)cc2)c(C)c1. The van der Waals surface area contributed by atoms with Crippen molar-refractivity contribution in [3.05, 3.63) is 101 Å². The Morgan fingerprint density at radius 1 is 1.00 bits per heavy atom. The smallest absolute Gasteiger partial charge is 0.271 e. The van der Waals surface area contributed by atoms with E-state index < -0.39 is 0 Å². The molecule has 1 amide bonds. The van der Waals surface area contributed by atoms with Gasteiger partial charge in [-0.25, -0.2) is 5.43 Å². The van der Waals surface area contributed by atoms with Crippen molar-refractivity contribution in [2.75, 3.05) is 0 Å². The summed E-state index contributed by atoms with van der Waals surface area (Å²) in [7, 11) is 0. The number of rotatable bonds is 6. The Bertz CT molecular complexity index is 932. The third-order valence-corrected chi connectivity index (χ3v) is 4.16. The molecule has 0 heterocycles. The second kappa shape index (κ2) is 8.81. The summed E-state index contributed by atoms with van der Waals surface area (Å²) >= 11 is 0. The lowest BCUT2D eigenvalue weighted by atomic mass is 10.1. The molecular formula is C23H22N2O2. The topological polar surface area (TPSA) is 50.7 Å². The quantitative estimate of drug-likeness (QED) is 0.515. The Hall–Kier alpha value is -3.40. The van der Waals surface area contributed by atoms with E-state index in [-0.39, 0.29) is 5.91 Å². The van der Waals surface area contributed by atoms with E-state index in [0.717, 1.165) is 16.7 Å². The monoisotopic (exact) mass is 358 g/mol. The van der Waals surface area contributed by atoms with Gasteiger partial charge in [0.1, 0.15) is 12.4 Å². The second-order valence-corrected chi connectivity index (χ2v) is 6.36. The molecule has 0 aliphatic carbocycles. The van der Waals surface area contributed by atoms with Crippen molar-refractivity contribution < 1.29 is 9.53 Å². The van der Waals surface area contributed by atoms with Crippen LogP contribution in [0.4, 0.5) is 0 Å². The molecule has 0 saturated heterocycles. The average Bonchev–Trinajstić information content (AvgIpc) is 2.69. The molecule has 3 rings (SSSR count). The number of hydrogen-bond donors (Lipinski definition) is 1. The molecular weight excluding hydrogens is 336 g/mol. The normalized spacial score (nSPS) is 10.7. The highest BCUT2D eigenvalue weighted by Gasteiger charge is 2.05. The number of hydrogen-bond acceptors (Lipinski definition) is 3. The zero-order chi connectivity index (χ0) is 19.1. The largest absolute Gasteiger partial charge is 0.489 e. The lowest BCUT2D eigenvalue weighted by Crippen LogP contribution is -2.17. The number of benzene rings is 3. The number of carbonyl (C=O) groups excluding carboxylic acids is 1. The lowest BCUT2D eigenvalue weighted by molar-refractivity contribution is 0.0955. The molecule has 0 fully saturated rings. The zero-order valence-electron chi connectivity index (χ0n) is 15.5. The first-order chi connectivity index (χ1) is 13.1. The number of nitrogens with zero attached hydrogens (tertiary/aromatic N) is 1. The Kier molecular flexibility index (Phi) is 6.00. The Morgan fingerprint density at radius 2 is 1.74 bits per heavy atom. The van der Waals surface area contributed by atoms with Crippen LogP contribution < -0.4 is 10.2 Å². The van der Waals surface area contributed by atoms with Gasteiger partial charge in [0.15, 0.2) is 0 Å². The third-order valence-electron chi connectivity index (χ3n) is 4.16. The van der Waals surface area contributed by atoms with Crippen molar-refractivity contribution in [2.24, 2.45) is 5.10 Å². The Morgan fingerprint density at radius 3 is 2.44 bits per heavy atom. The first-order valence-corrected chi connectivity index (χ1v) is 8.79. The van der Waals surface area contributed by atoms with Gasteiger partial charge in [-0.05, 0) is 54.8 Å². The van der Waals surface area contributed by atoms with Gasteiger partial charge in [0, 0.05) is 5.56 Å². The highest BCUT2D eigenvalue weighted by molar-refractivity contribution is 5.95. The highest BCUT2D eigenvalue weighted by Crippen LogP contribution is 2.14. The average molecular weight is 358 g/mol. The van der Waals surface area contributed by atoms with Gasteiger partial charge in [-0.3, -0.25) is 4.79 Å². The van der Waals surface area contributed by atoms with Crippen LogP contribution in [0.25, 0.3) is 0 Å². The number of amides is 1. The molecule has 4 heteroatoms. The lowest BCUT2D eigenvalue weighted by Gasteiger charge is -2.07. The molecule has 136 valence electrons. The maximum Gasteiger partial charge on any atom is 0.271 e. The second-order valence-electron chi connectivity index (χ2n) is 6.36. The van der Waals surface area contributed by atoms with E-state index in [2.05, 4.69) is 16.6 Å². The van der Waals surface area contributed by atoms with E-state index in [4.69, 9.17) is 4.74 Å². The maximum atomic E-state index is 12.2. The number of ether oxygens (including phenoxy) is 1. The highest BCUT2D eigenvalue weighted by atomic mass is 16.5. The van der Waals surface area contributed by atoms with Gasteiger partial charge in [0.2, 0.25) is 0 Å². The molecule has 0 atom stereocenters. The fraction of sp³-hybridized carbons (Fsp3) is 0.130. The summed E-state index contributed by atoms with van der Waals surface area (Å²) in [4.78, 5) is 12.2. The Labute approximate surface area is 159 Å². The molecule has 4 nitrogen and oxygen atoms in total. The number of hydrazone groups is 1. The van der Waals surface area contributed by atoms with Crippen molar-refractivity contribution in [3.63, 3.8) is 0 Å². The first-order valence-electron chi connectivity index (χ1n) is 8.79. The van der Waals surface area contributed by atoms with Crippen LogP contribution in [0.5, 0.6) is 5.75 Å². The van der Waals surface area contributed by atoms with E-state index in [0.29, 0.717) is 17.9 Å². The van der Waals surface area contributed by atoms with Crippen LogP contribution in [0.2, 0.25) is 0 Å². The van der Waals surface area contributed by atoms with E-state index >= 15 is 0 Å². The van der Waals surface area contributed by atoms with E-state index in [9.17, 15) is 4.79 Å². The minimum absolute atomic E-state index is 0.259. The predicted octanol–water partition coefficient (Wildman–Crippen LogP) is 4.65. The molecule has 27 heavy (non-hydrogen) atoms. The number of carbonyl (C=O) groups is 1. The van der Waals surface area contributed by atoms with Gasteiger partial charge < -0.3 is 4.74 Å². The molecule has 1 N–H and O–H groups in total. The van der Waals surface area contributed by atoms with Crippen LogP contribution in [0.15, 0.2) is 77.9 Å². The molecule has 0 radical (unpaired) electrons. The summed E-state index contributed by atoms with van der Waals surface area (Å²) in [6.07, 6.45) is 1.66.